The predicted molar refractivity (Wildman–Crippen MR) is 80.0 cm³/mol. The van der Waals surface area contributed by atoms with E-state index in [1.54, 1.807) is 24.3 Å². The fraction of sp³-hybridized carbons (Fsp3) is 0.412. The topological polar surface area (TPSA) is 29.5 Å². The van der Waals surface area contributed by atoms with Gasteiger partial charge in [0.15, 0.2) is 5.60 Å². The van der Waals surface area contributed by atoms with E-state index in [0.29, 0.717) is 23.1 Å². The van der Waals surface area contributed by atoms with Gasteiger partial charge in [0.25, 0.3) is 0 Å². The molecule has 0 aliphatic carbocycles. The Kier molecular flexibility index (Phi) is 4.66. The summed E-state index contributed by atoms with van der Waals surface area (Å²) in [6.45, 7) is 3.31. The van der Waals surface area contributed by atoms with Gasteiger partial charge in [0.2, 0.25) is 0 Å². The SMILES string of the molecule is CCCCOc1ccc(C(C)(O)C(F)(F)F)c2ccccc12. The highest BCUT2D eigenvalue weighted by Crippen LogP contribution is 2.42. The molecule has 0 aliphatic heterocycles. The van der Waals surface area contributed by atoms with Gasteiger partial charge in [-0.15, -0.1) is 0 Å². The largest absolute Gasteiger partial charge is 0.493 e. The van der Waals surface area contributed by atoms with Gasteiger partial charge in [0.1, 0.15) is 5.75 Å². The maximum atomic E-state index is 13.1. The van der Waals surface area contributed by atoms with Crippen LogP contribution < -0.4 is 4.74 Å². The zero-order chi connectivity index (χ0) is 16.4. The number of benzene rings is 2. The van der Waals surface area contributed by atoms with Crippen molar-refractivity contribution in [1.29, 1.82) is 0 Å². The highest BCUT2D eigenvalue weighted by molar-refractivity contribution is 5.91. The Morgan fingerprint density at radius 1 is 1.05 bits per heavy atom. The number of hydrogen-bond donors (Lipinski definition) is 1. The molecule has 22 heavy (non-hydrogen) atoms. The first-order chi connectivity index (χ1) is 10.3. The van der Waals surface area contributed by atoms with Crippen LogP contribution in [0.3, 0.4) is 0 Å². The van der Waals surface area contributed by atoms with E-state index in [2.05, 4.69) is 0 Å². The normalized spacial score (nSPS) is 14.8. The molecule has 0 radical (unpaired) electrons. The van der Waals surface area contributed by atoms with Crippen molar-refractivity contribution < 1.29 is 23.0 Å². The van der Waals surface area contributed by atoms with E-state index in [9.17, 15) is 18.3 Å². The molecule has 2 rings (SSSR count). The number of unbranched alkanes of at least 4 members (excludes halogenated alkanes) is 1. The molecule has 0 aliphatic rings. The van der Waals surface area contributed by atoms with Gasteiger partial charge < -0.3 is 9.84 Å². The summed E-state index contributed by atoms with van der Waals surface area (Å²) < 4.78 is 45.0. The third-order valence-corrected chi connectivity index (χ3v) is 3.72. The van der Waals surface area contributed by atoms with Crippen LogP contribution in [0.15, 0.2) is 36.4 Å². The smallest absolute Gasteiger partial charge is 0.421 e. The molecule has 2 aromatic rings. The third kappa shape index (κ3) is 3.04. The maximum absolute atomic E-state index is 13.1. The molecular formula is C17H19F3O2. The lowest BCUT2D eigenvalue weighted by molar-refractivity contribution is -0.258. The molecule has 0 aromatic heterocycles. The molecular weight excluding hydrogens is 293 g/mol. The Hall–Kier alpha value is -1.75. The van der Waals surface area contributed by atoms with Crippen molar-refractivity contribution in [2.45, 2.75) is 38.5 Å². The number of fused-ring (bicyclic) bond motifs is 1. The highest BCUT2D eigenvalue weighted by atomic mass is 19.4. The van der Waals surface area contributed by atoms with Gasteiger partial charge in [-0.25, -0.2) is 0 Å². The summed E-state index contributed by atoms with van der Waals surface area (Å²) in [4.78, 5) is 0. The first kappa shape index (κ1) is 16.6. The zero-order valence-electron chi connectivity index (χ0n) is 12.6. The molecule has 5 heteroatoms. The van der Waals surface area contributed by atoms with E-state index in [0.717, 1.165) is 19.8 Å². The minimum Gasteiger partial charge on any atom is -0.493 e. The monoisotopic (exact) mass is 312 g/mol. The number of rotatable bonds is 5. The van der Waals surface area contributed by atoms with E-state index in [1.165, 1.54) is 12.1 Å². The van der Waals surface area contributed by atoms with Crippen molar-refractivity contribution in [3.8, 4) is 5.75 Å². The lowest BCUT2D eigenvalue weighted by atomic mass is 9.90. The van der Waals surface area contributed by atoms with E-state index >= 15 is 0 Å². The van der Waals surface area contributed by atoms with E-state index in [4.69, 9.17) is 4.74 Å². The lowest BCUT2D eigenvalue weighted by Crippen LogP contribution is -2.39. The molecule has 0 spiro atoms. The van der Waals surface area contributed by atoms with Gasteiger partial charge in [-0.3, -0.25) is 0 Å². The van der Waals surface area contributed by atoms with E-state index in [-0.39, 0.29) is 5.56 Å². The molecule has 1 unspecified atom stereocenters. The first-order valence-electron chi connectivity index (χ1n) is 7.23. The minimum atomic E-state index is -4.75. The zero-order valence-corrected chi connectivity index (χ0v) is 12.6. The summed E-state index contributed by atoms with van der Waals surface area (Å²) >= 11 is 0. The van der Waals surface area contributed by atoms with Gasteiger partial charge in [-0.05, 0) is 24.8 Å². The third-order valence-electron chi connectivity index (χ3n) is 3.72. The molecule has 0 saturated carbocycles. The Labute approximate surface area is 127 Å². The average molecular weight is 312 g/mol. The number of ether oxygens (including phenoxy) is 1. The molecule has 1 N–H and O–H groups in total. The minimum absolute atomic E-state index is 0.168. The van der Waals surface area contributed by atoms with Gasteiger partial charge in [-0.2, -0.15) is 13.2 Å². The number of halogens is 3. The molecule has 0 saturated heterocycles. The summed E-state index contributed by atoms with van der Waals surface area (Å²) in [7, 11) is 0. The van der Waals surface area contributed by atoms with E-state index in [1.807, 2.05) is 6.92 Å². The van der Waals surface area contributed by atoms with Gasteiger partial charge in [0, 0.05) is 10.9 Å². The lowest BCUT2D eigenvalue weighted by Gasteiger charge is -2.28. The van der Waals surface area contributed by atoms with Crippen LogP contribution in [0, 0.1) is 0 Å². The Morgan fingerprint density at radius 2 is 1.68 bits per heavy atom. The van der Waals surface area contributed by atoms with Crippen LogP contribution in [-0.4, -0.2) is 17.9 Å². The van der Waals surface area contributed by atoms with Crippen LogP contribution in [-0.2, 0) is 5.60 Å². The highest BCUT2D eigenvalue weighted by Gasteiger charge is 2.51. The van der Waals surface area contributed by atoms with Crippen molar-refractivity contribution >= 4 is 10.8 Å². The van der Waals surface area contributed by atoms with Crippen LogP contribution in [0.25, 0.3) is 10.8 Å². The van der Waals surface area contributed by atoms with Crippen molar-refractivity contribution in [3.05, 3.63) is 42.0 Å². The predicted octanol–water partition coefficient (Wildman–Crippen LogP) is 4.79. The quantitative estimate of drug-likeness (QED) is 0.804. The Bertz CT molecular complexity index is 648. The summed E-state index contributed by atoms with van der Waals surface area (Å²) in [5.41, 5.74) is -3.08. The molecule has 1 atom stereocenters. The fourth-order valence-electron chi connectivity index (χ4n) is 2.30. The number of aliphatic hydroxyl groups is 1. The molecule has 0 bridgehead atoms. The summed E-state index contributed by atoms with van der Waals surface area (Å²) in [6.07, 6.45) is -2.91. The molecule has 0 amide bonds. The number of hydrogen-bond acceptors (Lipinski definition) is 2. The molecule has 0 fully saturated rings. The summed E-state index contributed by atoms with van der Waals surface area (Å²) in [5, 5.41) is 10.9. The average Bonchev–Trinajstić information content (AvgIpc) is 2.46. The Balaban J connectivity index is 2.53. The molecule has 2 nitrogen and oxygen atoms in total. The number of alkyl halides is 3. The van der Waals surface area contributed by atoms with E-state index < -0.39 is 11.8 Å². The second-order valence-electron chi connectivity index (χ2n) is 5.43. The van der Waals surface area contributed by atoms with Crippen LogP contribution in [0.4, 0.5) is 13.2 Å². The summed E-state index contributed by atoms with van der Waals surface area (Å²) in [5.74, 6) is 0.533. The maximum Gasteiger partial charge on any atom is 0.421 e. The van der Waals surface area contributed by atoms with Gasteiger partial charge >= 0.3 is 6.18 Å². The van der Waals surface area contributed by atoms with Gasteiger partial charge in [0.05, 0.1) is 6.61 Å². The van der Waals surface area contributed by atoms with Crippen molar-refractivity contribution in [1.82, 2.24) is 0 Å². The van der Waals surface area contributed by atoms with Crippen LogP contribution in [0.1, 0.15) is 32.3 Å². The van der Waals surface area contributed by atoms with Crippen LogP contribution >= 0.6 is 0 Å². The standard InChI is InChI=1S/C17H19F3O2/c1-3-4-11-22-15-10-9-14(16(2,21)17(18,19)20)12-7-5-6-8-13(12)15/h5-10,21H,3-4,11H2,1-2H3. The fourth-order valence-corrected chi connectivity index (χ4v) is 2.30. The molecule has 2 aromatic carbocycles. The second-order valence-corrected chi connectivity index (χ2v) is 5.43. The first-order valence-corrected chi connectivity index (χ1v) is 7.23. The molecule has 0 heterocycles. The summed E-state index contributed by atoms with van der Waals surface area (Å²) in [6, 6.07) is 9.43. The van der Waals surface area contributed by atoms with Gasteiger partial charge in [-0.1, -0.05) is 43.7 Å². The second kappa shape index (κ2) is 6.16. The van der Waals surface area contributed by atoms with Crippen molar-refractivity contribution in [3.63, 3.8) is 0 Å². The van der Waals surface area contributed by atoms with Crippen molar-refractivity contribution in [2.24, 2.45) is 0 Å². The molecule has 120 valence electrons. The van der Waals surface area contributed by atoms with Crippen LogP contribution in [0.2, 0.25) is 0 Å². The van der Waals surface area contributed by atoms with Crippen molar-refractivity contribution in [2.75, 3.05) is 6.61 Å². The van der Waals surface area contributed by atoms with Crippen LogP contribution in [0.5, 0.6) is 5.75 Å². The Morgan fingerprint density at radius 3 is 2.27 bits per heavy atom.